The molecule has 0 amide bonds. The van der Waals surface area contributed by atoms with Crippen LogP contribution in [-0.2, 0) is 15.1 Å². The second-order valence-corrected chi connectivity index (χ2v) is 3.65. The number of halogens is 2. The highest BCUT2D eigenvalue weighted by Crippen LogP contribution is 2.27. The second kappa shape index (κ2) is 5.18. The van der Waals surface area contributed by atoms with Gasteiger partial charge < -0.3 is 9.84 Å². The lowest BCUT2D eigenvalue weighted by molar-refractivity contribution is -0.160. The number of hydrogen-bond acceptors (Lipinski definition) is 4. The quantitative estimate of drug-likeness (QED) is 0.813. The minimum atomic E-state index is -2.30. The van der Waals surface area contributed by atoms with Crippen LogP contribution in [0.1, 0.15) is 19.4 Å². The number of rotatable bonds is 4. The molecular weight excluding hydrogens is 232 g/mol. The van der Waals surface area contributed by atoms with Crippen molar-refractivity contribution in [2.75, 3.05) is 6.61 Å². The van der Waals surface area contributed by atoms with Crippen molar-refractivity contribution in [2.24, 2.45) is 0 Å². The number of nitrogens with zero attached hydrogens (tertiary/aromatic N) is 1. The summed E-state index contributed by atoms with van der Waals surface area (Å²) in [5.74, 6) is -1.92. The van der Waals surface area contributed by atoms with Gasteiger partial charge in [0.2, 0.25) is 6.17 Å². The van der Waals surface area contributed by atoms with Gasteiger partial charge in [-0.05, 0) is 19.9 Å². The molecule has 1 N–H and O–H groups in total. The molecule has 0 radical (unpaired) electrons. The molecule has 0 aliphatic carbocycles. The van der Waals surface area contributed by atoms with Crippen LogP contribution in [0.5, 0.6) is 0 Å². The molecule has 1 heterocycles. The summed E-state index contributed by atoms with van der Waals surface area (Å²) in [4.78, 5) is 14.7. The number of pyridine rings is 1. The van der Waals surface area contributed by atoms with Gasteiger partial charge >= 0.3 is 5.97 Å². The summed E-state index contributed by atoms with van der Waals surface area (Å²) in [5, 5.41) is 9.89. The third kappa shape index (κ3) is 2.97. The van der Waals surface area contributed by atoms with E-state index in [9.17, 15) is 18.7 Å². The molecule has 0 aliphatic rings. The summed E-state index contributed by atoms with van der Waals surface area (Å²) < 4.78 is 31.1. The fourth-order valence-electron chi connectivity index (χ4n) is 1.28. The molecule has 17 heavy (non-hydrogen) atoms. The Bertz CT molecular complexity index is 409. The topological polar surface area (TPSA) is 59.4 Å². The van der Waals surface area contributed by atoms with Crippen LogP contribution in [0.25, 0.3) is 0 Å². The standard InChI is InChI=1S/C11H13F2NO3/c1-3-17-10(15)9(13)11(2,16)7-4-8(12)6-14-5-7/h4-6,9,16H,3H2,1-2H3. The molecule has 1 rings (SSSR count). The Morgan fingerprint density at radius 2 is 2.29 bits per heavy atom. The summed E-state index contributed by atoms with van der Waals surface area (Å²) in [5.41, 5.74) is -2.31. The molecule has 0 saturated heterocycles. The minimum absolute atomic E-state index is 0.00324. The molecule has 0 spiro atoms. The Morgan fingerprint density at radius 3 is 2.82 bits per heavy atom. The SMILES string of the molecule is CCOC(=O)C(F)C(C)(O)c1cncc(F)c1. The smallest absolute Gasteiger partial charge is 0.344 e. The highest BCUT2D eigenvalue weighted by atomic mass is 19.1. The first-order chi connectivity index (χ1) is 7.89. The molecule has 2 unspecified atom stereocenters. The Balaban J connectivity index is 2.97. The molecule has 0 aliphatic heterocycles. The maximum Gasteiger partial charge on any atom is 0.344 e. The van der Waals surface area contributed by atoms with E-state index < -0.39 is 23.6 Å². The molecule has 0 bridgehead atoms. The number of carbonyl (C=O) groups is 1. The van der Waals surface area contributed by atoms with Gasteiger partial charge in [0.25, 0.3) is 0 Å². The molecule has 6 heteroatoms. The summed E-state index contributed by atoms with van der Waals surface area (Å²) >= 11 is 0. The fourth-order valence-corrected chi connectivity index (χ4v) is 1.28. The van der Waals surface area contributed by atoms with E-state index in [0.29, 0.717) is 0 Å². The molecule has 0 saturated carbocycles. The van der Waals surface area contributed by atoms with Crippen molar-refractivity contribution < 1.29 is 23.4 Å². The van der Waals surface area contributed by atoms with Crippen LogP contribution in [0.15, 0.2) is 18.5 Å². The predicted molar refractivity (Wildman–Crippen MR) is 55.3 cm³/mol. The van der Waals surface area contributed by atoms with Crippen molar-refractivity contribution in [1.29, 1.82) is 0 Å². The Kier molecular flexibility index (Phi) is 4.11. The van der Waals surface area contributed by atoms with Gasteiger partial charge in [-0.2, -0.15) is 0 Å². The monoisotopic (exact) mass is 245 g/mol. The lowest BCUT2D eigenvalue weighted by Gasteiger charge is -2.25. The molecule has 1 aromatic rings. The van der Waals surface area contributed by atoms with E-state index >= 15 is 0 Å². The summed E-state index contributed by atoms with van der Waals surface area (Å²) in [7, 11) is 0. The molecule has 2 atom stereocenters. The van der Waals surface area contributed by atoms with E-state index in [2.05, 4.69) is 9.72 Å². The molecule has 1 aromatic heterocycles. The van der Waals surface area contributed by atoms with E-state index in [-0.39, 0.29) is 12.2 Å². The summed E-state index contributed by atoms with van der Waals surface area (Å²) in [6, 6.07) is 0.915. The van der Waals surface area contributed by atoms with Crippen LogP contribution < -0.4 is 0 Å². The average molecular weight is 245 g/mol. The van der Waals surface area contributed by atoms with E-state index in [1.165, 1.54) is 6.92 Å². The highest BCUT2D eigenvalue weighted by molar-refractivity contribution is 5.76. The van der Waals surface area contributed by atoms with Crippen molar-refractivity contribution in [2.45, 2.75) is 25.6 Å². The highest BCUT2D eigenvalue weighted by Gasteiger charge is 2.41. The molecule has 0 fully saturated rings. The maximum absolute atomic E-state index is 13.7. The average Bonchev–Trinajstić information content (AvgIpc) is 2.28. The summed E-state index contributed by atoms with van der Waals surface area (Å²) in [6.45, 7) is 2.57. The van der Waals surface area contributed by atoms with Crippen molar-refractivity contribution in [1.82, 2.24) is 4.98 Å². The van der Waals surface area contributed by atoms with Gasteiger partial charge in [-0.15, -0.1) is 0 Å². The van der Waals surface area contributed by atoms with E-state index in [4.69, 9.17) is 0 Å². The van der Waals surface area contributed by atoms with Crippen LogP contribution in [0.2, 0.25) is 0 Å². The van der Waals surface area contributed by atoms with Crippen LogP contribution in [-0.4, -0.2) is 28.8 Å². The van der Waals surface area contributed by atoms with Gasteiger partial charge in [0.05, 0.1) is 12.8 Å². The maximum atomic E-state index is 13.7. The fraction of sp³-hybridized carbons (Fsp3) is 0.455. The summed E-state index contributed by atoms with van der Waals surface area (Å²) in [6.07, 6.45) is -0.294. The number of hydrogen-bond donors (Lipinski definition) is 1. The second-order valence-electron chi connectivity index (χ2n) is 3.65. The minimum Gasteiger partial charge on any atom is -0.464 e. The van der Waals surface area contributed by atoms with Crippen molar-refractivity contribution in [3.05, 3.63) is 29.8 Å². The Labute approximate surface area is 97.2 Å². The third-order valence-corrected chi connectivity index (χ3v) is 2.28. The first-order valence-electron chi connectivity index (χ1n) is 5.03. The van der Waals surface area contributed by atoms with Gasteiger partial charge in [-0.3, -0.25) is 4.98 Å². The van der Waals surface area contributed by atoms with Crippen molar-refractivity contribution in [3.8, 4) is 0 Å². The molecule has 4 nitrogen and oxygen atoms in total. The number of ether oxygens (including phenoxy) is 1. The van der Waals surface area contributed by atoms with Crippen LogP contribution in [0.4, 0.5) is 8.78 Å². The zero-order valence-corrected chi connectivity index (χ0v) is 9.48. The van der Waals surface area contributed by atoms with Gasteiger partial charge in [-0.25, -0.2) is 13.6 Å². The van der Waals surface area contributed by atoms with Gasteiger partial charge in [0.15, 0.2) is 0 Å². The molecule has 0 aromatic carbocycles. The predicted octanol–water partition coefficient (Wildman–Crippen LogP) is 1.33. The lowest BCUT2D eigenvalue weighted by Crippen LogP contribution is -2.40. The van der Waals surface area contributed by atoms with Gasteiger partial charge in [0.1, 0.15) is 11.4 Å². The first-order valence-corrected chi connectivity index (χ1v) is 5.03. The van der Waals surface area contributed by atoms with Crippen molar-refractivity contribution in [3.63, 3.8) is 0 Å². The third-order valence-electron chi connectivity index (χ3n) is 2.28. The van der Waals surface area contributed by atoms with Gasteiger partial charge in [0, 0.05) is 11.8 Å². The van der Waals surface area contributed by atoms with E-state index in [0.717, 1.165) is 25.4 Å². The number of alkyl halides is 1. The number of carbonyl (C=O) groups excluding carboxylic acids is 1. The zero-order valence-electron chi connectivity index (χ0n) is 9.48. The Hall–Kier alpha value is -1.56. The lowest BCUT2D eigenvalue weighted by atomic mass is 9.92. The molecular formula is C11H13F2NO3. The van der Waals surface area contributed by atoms with E-state index in [1.54, 1.807) is 0 Å². The molecule has 94 valence electrons. The van der Waals surface area contributed by atoms with Crippen LogP contribution in [0.3, 0.4) is 0 Å². The van der Waals surface area contributed by atoms with Crippen LogP contribution >= 0.6 is 0 Å². The number of esters is 1. The van der Waals surface area contributed by atoms with Gasteiger partial charge in [-0.1, -0.05) is 0 Å². The number of aliphatic hydroxyl groups is 1. The first kappa shape index (κ1) is 13.5. The zero-order chi connectivity index (χ0) is 13.1. The van der Waals surface area contributed by atoms with Crippen molar-refractivity contribution >= 4 is 5.97 Å². The Morgan fingerprint density at radius 1 is 1.65 bits per heavy atom. The normalized spacial score (nSPS) is 16.1. The largest absolute Gasteiger partial charge is 0.464 e. The van der Waals surface area contributed by atoms with Crippen LogP contribution in [0, 0.1) is 5.82 Å². The number of aromatic nitrogens is 1. The van der Waals surface area contributed by atoms with E-state index in [1.807, 2.05) is 0 Å².